The molecule has 0 fully saturated rings. The number of benzene rings is 1. The highest BCUT2D eigenvalue weighted by Gasteiger charge is 2.21. The van der Waals surface area contributed by atoms with Crippen molar-refractivity contribution in [1.29, 1.82) is 0 Å². The largest absolute Gasteiger partial charge is 0.383 e. The van der Waals surface area contributed by atoms with Crippen LogP contribution in [0.2, 0.25) is 0 Å². The maximum absolute atomic E-state index is 13.3. The van der Waals surface area contributed by atoms with Crippen molar-refractivity contribution in [3.63, 3.8) is 0 Å². The van der Waals surface area contributed by atoms with Crippen molar-refractivity contribution in [3.8, 4) is 0 Å². The number of hydrogen-bond donors (Lipinski definition) is 0. The molecule has 0 aliphatic carbocycles. The molecule has 27 heavy (non-hydrogen) atoms. The smallest absolute Gasteiger partial charge is 0.265 e. The van der Waals surface area contributed by atoms with Gasteiger partial charge >= 0.3 is 0 Å². The summed E-state index contributed by atoms with van der Waals surface area (Å²) in [4.78, 5) is 27.6. The van der Waals surface area contributed by atoms with Gasteiger partial charge in [0.2, 0.25) is 0 Å². The van der Waals surface area contributed by atoms with Gasteiger partial charge in [-0.15, -0.1) is 0 Å². The fraction of sp³-hybridized carbons (Fsp3) is 0.400. The van der Waals surface area contributed by atoms with Gasteiger partial charge in [-0.05, 0) is 25.0 Å². The van der Waals surface area contributed by atoms with Gasteiger partial charge in [-0.3, -0.25) is 9.36 Å². The first kappa shape index (κ1) is 17.6. The van der Waals surface area contributed by atoms with Crippen molar-refractivity contribution in [2.24, 2.45) is 5.92 Å². The first-order chi connectivity index (χ1) is 13.0. The Morgan fingerprint density at radius 3 is 2.41 bits per heavy atom. The van der Waals surface area contributed by atoms with E-state index in [2.05, 4.69) is 13.8 Å². The molecule has 0 atom stereocenters. The minimum absolute atomic E-state index is 0.0584. The third kappa shape index (κ3) is 2.88. The van der Waals surface area contributed by atoms with Crippen LogP contribution in [0.15, 0.2) is 29.1 Å². The van der Waals surface area contributed by atoms with Crippen molar-refractivity contribution < 1.29 is 4.74 Å². The van der Waals surface area contributed by atoms with Crippen LogP contribution in [0.3, 0.4) is 0 Å². The molecule has 7 heteroatoms. The summed E-state index contributed by atoms with van der Waals surface area (Å²) in [7, 11) is 1.66. The van der Waals surface area contributed by atoms with Crippen LogP contribution in [0, 0.1) is 12.8 Å². The van der Waals surface area contributed by atoms with Crippen LogP contribution in [0.5, 0.6) is 0 Å². The Morgan fingerprint density at radius 1 is 1.04 bits per heavy atom. The second kappa shape index (κ2) is 6.74. The van der Waals surface area contributed by atoms with Crippen molar-refractivity contribution in [2.45, 2.75) is 33.9 Å². The topological polar surface area (TPSA) is 74.8 Å². The first-order valence-corrected chi connectivity index (χ1v) is 9.16. The summed E-state index contributed by atoms with van der Waals surface area (Å²) in [6, 6.07) is 7.69. The summed E-state index contributed by atoms with van der Waals surface area (Å²) in [5.74, 6) is 1.04. The number of nitrogens with zero attached hydrogens (tertiary/aromatic N) is 5. The average molecular weight is 365 g/mol. The van der Waals surface area contributed by atoms with Gasteiger partial charge in [0.25, 0.3) is 5.56 Å². The molecule has 0 bridgehead atoms. The van der Waals surface area contributed by atoms with Gasteiger partial charge in [0.1, 0.15) is 16.7 Å². The van der Waals surface area contributed by atoms with Crippen LogP contribution in [0.1, 0.15) is 19.7 Å². The van der Waals surface area contributed by atoms with E-state index in [4.69, 9.17) is 19.7 Å². The molecule has 4 aromatic rings. The van der Waals surface area contributed by atoms with Gasteiger partial charge in [0, 0.05) is 20.2 Å². The Balaban J connectivity index is 2.14. The Kier molecular flexibility index (Phi) is 4.39. The predicted molar refractivity (Wildman–Crippen MR) is 106 cm³/mol. The molecule has 0 aliphatic rings. The second-order valence-electron chi connectivity index (χ2n) is 7.20. The SMILES string of the molecule is COCCn1c2nc3ccccc3nc2c2c(=O)n(CC(C)C)c(C)nc21. The zero-order chi connectivity index (χ0) is 19.1. The number of fused-ring (bicyclic) bond motifs is 4. The predicted octanol–water partition coefficient (Wildman–Crippen LogP) is 2.91. The highest BCUT2D eigenvalue weighted by molar-refractivity contribution is 6.04. The molecule has 7 nitrogen and oxygen atoms in total. The third-order valence-electron chi connectivity index (χ3n) is 4.71. The molecule has 0 spiro atoms. The molecule has 0 amide bonds. The molecule has 0 radical (unpaired) electrons. The summed E-state index contributed by atoms with van der Waals surface area (Å²) in [6.45, 7) is 7.74. The lowest BCUT2D eigenvalue weighted by Crippen LogP contribution is -2.26. The monoisotopic (exact) mass is 365 g/mol. The fourth-order valence-corrected chi connectivity index (χ4v) is 3.47. The van der Waals surface area contributed by atoms with Crippen LogP contribution >= 0.6 is 0 Å². The zero-order valence-electron chi connectivity index (χ0n) is 16.1. The van der Waals surface area contributed by atoms with Crippen molar-refractivity contribution in [2.75, 3.05) is 13.7 Å². The summed E-state index contributed by atoms with van der Waals surface area (Å²) < 4.78 is 8.94. The molecule has 0 saturated heterocycles. The van der Waals surface area contributed by atoms with E-state index in [0.29, 0.717) is 53.6 Å². The van der Waals surface area contributed by atoms with Gasteiger partial charge in [-0.1, -0.05) is 26.0 Å². The Labute approximate surface area is 156 Å². The van der Waals surface area contributed by atoms with E-state index in [1.807, 2.05) is 35.8 Å². The number of rotatable bonds is 5. The normalized spacial score (nSPS) is 12.0. The number of para-hydroxylation sites is 2. The first-order valence-electron chi connectivity index (χ1n) is 9.16. The highest BCUT2D eigenvalue weighted by Crippen LogP contribution is 2.25. The molecular formula is C20H23N5O2. The average Bonchev–Trinajstić information content (AvgIpc) is 2.93. The van der Waals surface area contributed by atoms with Gasteiger partial charge in [-0.2, -0.15) is 0 Å². The van der Waals surface area contributed by atoms with Crippen molar-refractivity contribution in [1.82, 2.24) is 24.1 Å². The summed E-state index contributed by atoms with van der Waals surface area (Å²) in [6.07, 6.45) is 0. The molecule has 1 aromatic carbocycles. The van der Waals surface area contributed by atoms with Crippen LogP contribution in [0.4, 0.5) is 0 Å². The number of hydrogen-bond acceptors (Lipinski definition) is 5. The zero-order valence-corrected chi connectivity index (χ0v) is 16.1. The van der Waals surface area contributed by atoms with E-state index in [-0.39, 0.29) is 5.56 Å². The lowest BCUT2D eigenvalue weighted by Gasteiger charge is -2.12. The fourth-order valence-electron chi connectivity index (χ4n) is 3.47. The Bertz CT molecular complexity index is 1210. The van der Waals surface area contributed by atoms with Crippen molar-refractivity contribution >= 4 is 33.2 Å². The molecule has 140 valence electrons. The number of aromatic nitrogens is 5. The second-order valence-corrected chi connectivity index (χ2v) is 7.20. The van der Waals surface area contributed by atoms with Crippen LogP contribution in [-0.2, 0) is 17.8 Å². The summed E-state index contributed by atoms with van der Waals surface area (Å²) in [5.41, 5.74) is 3.41. The standard InChI is InChI=1S/C20H23N5O2/c1-12(2)11-25-13(3)21-18-16(20(25)26)17-19(24(18)9-10-27-4)23-15-8-6-5-7-14(15)22-17/h5-8,12H,9-11H2,1-4H3. The van der Waals surface area contributed by atoms with E-state index < -0.39 is 0 Å². The van der Waals surface area contributed by atoms with Crippen LogP contribution in [0.25, 0.3) is 33.2 Å². The third-order valence-corrected chi connectivity index (χ3v) is 4.71. The number of aryl methyl sites for hydroxylation is 1. The minimum atomic E-state index is -0.0584. The van der Waals surface area contributed by atoms with Gasteiger partial charge in [0.05, 0.1) is 17.6 Å². The molecule has 4 rings (SSSR count). The maximum atomic E-state index is 13.3. The Morgan fingerprint density at radius 2 is 1.74 bits per heavy atom. The van der Waals surface area contributed by atoms with Crippen LogP contribution in [-0.4, -0.2) is 37.8 Å². The molecule has 3 heterocycles. The van der Waals surface area contributed by atoms with Crippen LogP contribution < -0.4 is 5.56 Å². The van der Waals surface area contributed by atoms with Crippen molar-refractivity contribution in [3.05, 3.63) is 40.4 Å². The summed E-state index contributed by atoms with van der Waals surface area (Å²) in [5, 5.41) is 0.533. The maximum Gasteiger partial charge on any atom is 0.265 e. The van der Waals surface area contributed by atoms with E-state index in [9.17, 15) is 4.79 Å². The number of ether oxygens (including phenoxy) is 1. The molecule has 0 aliphatic heterocycles. The van der Waals surface area contributed by atoms with Gasteiger partial charge < -0.3 is 9.30 Å². The number of methoxy groups -OCH3 is 1. The van der Waals surface area contributed by atoms with E-state index in [0.717, 1.165) is 11.0 Å². The molecular weight excluding hydrogens is 342 g/mol. The Hall–Kier alpha value is -2.80. The van der Waals surface area contributed by atoms with Gasteiger partial charge in [0.15, 0.2) is 11.3 Å². The molecule has 0 N–H and O–H groups in total. The van der Waals surface area contributed by atoms with E-state index >= 15 is 0 Å². The minimum Gasteiger partial charge on any atom is -0.383 e. The van der Waals surface area contributed by atoms with E-state index in [1.54, 1.807) is 11.7 Å². The lowest BCUT2D eigenvalue weighted by molar-refractivity contribution is 0.189. The summed E-state index contributed by atoms with van der Waals surface area (Å²) >= 11 is 0. The van der Waals surface area contributed by atoms with E-state index in [1.165, 1.54) is 0 Å². The molecule has 0 unspecified atom stereocenters. The van der Waals surface area contributed by atoms with Gasteiger partial charge in [-0.25, -0.2) is 15.0 Å². The molecule has 3 aromatic heterocycles. The molecule has 0 saturated carbocycles. The highest BCUT2D eigenvalue weighted by atomic mass is 16.5. The lowest BCUT2D eigenvalue weighted by atomic mass is 10.2. The quantitative estimate of drug-likeness (QED) is 0.544.